The third-order valence-corrected chi connectivity index (χ3v) is 5.53. The molecule has 0 fully saturated rings. The summed E-state index contributed by atoms with van der Waals surface area (Å²) >= 11 is 1.30. The summed E-state index contributed by atoms with van der Waals surface area (Å²) in [7, 11) is 1.33. The van der Waals surface area contributed by atoms with E-state index in [0.29, 0.717) is 22.2 Å². The minimum absolute atomic E-state index is 0.151. The molecule has 1 N–H and O–H groups in total. The summed E-state index contributed by atoms with van der Waals surface area (Å²) < 4.78 is 6.62. The van der Waals surface area contributed by atoms with Crippen LogP contribution < -0.4 is 5.32 Å². The minimum Gasteiger partial charge on any atom is -0.465 e. The van der Waals surface area contributed by atoms with E-state index in [1.165, 1.54) is 18.9 Å². The normalized spacial score (nSPS) is 10.5. The van der Waals surface area contributed by atoms with Crippen LogP contribution in [0.15, 0.2) is 90.1 Å². The highest BCUT2D eigenvalue weighted by atomic mass is 32.2. The fourth-order valence-corrected chi connectivity index (χ4v) is 3.83. The van der Waals surface area contributed by atoms with Crippen molar-refractivity contribution in [3.05, 3.63) is 90.5 Å². The van der Waals surface area contributed by atoms with Crippen LogP contribution in [0.4, 0.5) is 5.69 Å². The lowest BCUT2D eigenvalue weighted by atomic mass is 10.2. The zero-order valence-electron chi connectivity index (χ0n) is 17.3. The van der Waals surface area contributed by atoms with Crippen LogP contribution in [-0.2, 0) is 9.53 Å². The summed E-state index contributed by atoms with van der Waals surface area (Å²) in [6.45, 7) is 0. The van der Waals surface area contributed by atoms with Crippen molar-refractivity contribution in [2.24, 2.45) is 0 Å². The predicted octanol–water partition coefficient (Wildman–Crippen LogP) is 4.45. The number of esters is 1. The molecule has 0 aliphatic carbocycles. The smallest absolute Gasteiger partial charge is 0.337 e. The lowest BCUT2D eigenvalue weighted by molar-refractivity contribution is -0.113. The van der Waals surface area contributed by atoms with Crippen LogP contribution in [0.25, 0.3) is 17.1 Å². The summed E-state index contributed by atoms with van der Waals surface area (Å²) in [5, 5.41) is 12.2. The summed E-state index contributed by atoms with van der Waals surface area (Å²) in [5.41, 5.74) is 2.87. The van der Waals surface area contributed by atoms with Crippen molar-refractivity contribution in [1.29, 1.82) is 0 Å². The first-order chi connectivity index (χ1) is 15.7. The molecular formula is C24H20N4O3S. The van der Waals surface area contributed by atoms with Crippen LogP contribution in [0.5, 0.6) is 0 Å². The highest BCUT2D eigenvalue weighted by Gasteiger charge is 2.17. The van der Waals surface area contributed by atoms with Crippen molar-refractivity contribution >= 4 is 29.3 Å². The molecule has 0 aliphatic heterocycles. The highest BCUT2D eigenvalue weighted by Crippen LogP contribution is 2.28. The van der Waals surface area contributed by atoms with Gasteiger partial charge in [-0.15, -0.1) is 10.2 Å². The maximum Gasteiger partial charge on any atom is 0.337 e. The zero-order valence-corrected chi connectivity index (χ0v) is 18.1. The van der Waals surface area contributed by atoms with Crippen LogP contribution in [0.3, 0.4) is 0 Å². The number of nitrogens with zero attached hydrogens (tertiary/aromatic N) is 3. The quantitative estimate of drug-likeness (QED) is 0.335. The molecule has 4 aromatic rings. The molecule has 0 unspecified atom stereocenters. The summed E-state index contributed by atoms with van der Waals surface area (Å²) in [5.74, 6) is 0.245. The van der Waals surface area contributed by atoms with E-state index in [9.17, 15) is 9.59 Å². The van der Waals surface area contributed by atoms with E-state index in [1.807, 2.05) is 65.2 Å². The standard InChI is InChI=1S/C24H20N4O3S/c1-31-23(30)18-12-14-19(15-13-18)25-21(29)16-32-24-27-26-22(17-8-4-2-5-9-17)28(24)20-10-6-3-7-11-20/h2-15H,16H2,1H3,(H,25,29). The van der Waals surface area contributed by atoms with Gasteiger partial charge in [-0.05, 0) is 36.4 Å². The maximum atomic E-state index is 12.5. The number of carbonyl (C=O) groups is 2. The Balaban J connectivity index is 1.50. The van der Waals surface area contributed by atoms with Gasteiger partial charge in [-0.2, -0.15) is 0 Å². The van der Waals surface area contributed by atoms with Gasteiger partial charge in [0.15, 0.2) is 11.0 Å². The topological polar surface area (TPSA) is 86.1 Å². The summed E-state index contributed by atoms with van der Waals surface area (Å²) in [4.78, 5) is 24.0. The zero-order chi connectivity index (χ0) is 22.3. The predicted molar refractivity (Wildman–Crippen MR) is 124 cm³/mol. The average molecular weight is 445 g/mol. The first kappa shape index (κ1) is 21.3. The number of methoxy groups -OCH3 is 1. The van der Waals surface area contributed by atoms with Gasteiger partial charge >= 0.3 is 5.97 Å². The van der Waals surface area contributed by atoms with Gasteiger partial charge in [-0.1, -0.05) is 60.3 Å². The number of anilines is 1. The van der Waals surface area contributed by atoms with Crippen LogP contribution in [-0.4, -0.2) is 39.5 Å². The number of rotatable bonds is 7. The lowest BCUT2D eigenvalue weighted by Crippen LogP contribution is -2.14. The SMILES string of the molecule is COC(=O)c1ccc(NC(=O)CSc2nnc(-c3ccccc3)n2-c2ccccc2)cc1. The molecule has 7 nitrogen and oxygen atoms in total. The van der Waals surface area contributed by atoms with Gasteiger partial charge in [0, 0.05) is 16.9 Å². The van der Waals surface area contributed by atoms with Gasteiger partial charge in [-0.25, -0.2) is 4.79 Å². The number of carbonyl (C=O) groups excluding carboxylic acids is 2. The van der Waals surface area contributed by atoms with E-state index in [2.05, 4.69) is 20.3 Å². The Hall–Kier alpha value is -3.91. The molecule has 0 atom stereocenters. The van der Waals surface area contributed by atoms with Gasteiger partial charge in [0.2, 0.25) is 5.91 Å². The number of para-hydroxylation sites is 1. The molecule has 32 heavy (non-hydrogen) atoms. The van der Waals surface area contributed by atoms with E-state index < -0.39 is 5.97 Å². The number of benzene rings is 3. The molecule has 160 valence electrons. The Morgan fingerprint density at radius 2 is 1.56 bits per heavy atom. The highest BCUT2D eigenvalue weighted by molar-refractivity contribution is 7.99. The maximum absolute atomic E-state index is 12.5. The van der Waals surface area contributed by atoms with Gasteiger partial charge < -0.3 is 10.1 Å². The largest absolute Gasteiger partial charge is 0.465 e. The molecule has 0 bridgehead atoms. The molecule has 0 saturated carbocycles. The fourth-order valence-electron chi connectivity index (χ4n) is 3.08. The van der Waals surface area contributed by atoms with E-state index in [4.69, 9.17) is 0 Å². The molecule has 0 saturated heterocycles. The first-order valence-electron chi connectivity index (χ1n) is 9.83. The lowest BCUT2D eigenvalue weighted by Gasteiger charge is -2.10. The Labute approximate surface area is 189 Å². The van der Waals surface area contributed by atoms with Crippen molar-refractivity contribution < 1.29 is 14.3 Å². The number of hydrogen-bond donors (Lipinski definition) is 1. The van der Waals surface area contributed by atoms with Crippen molar-refractivity contribution in [3.63, 3.8) is 0 Å². The second-order valence-corrected chi connectivity index (χ2v) is 7.69. The van der Waals surface area contributed by atoms with E-state index in [-0.39, 0.29) is 11.7 Å². The van der Waals surface area contributed by atoms with E-state index in [1.54, 1.807) is 24.3 Å². The monoisotopic (exact) mass is 444 g/mol. The Bertz CT molecular complexity index is 1210. The van der Waals surface area contributed by atoms with Crippen LogP contribution >= 0.6 is 11.8 Å². The van der Waals surface area contributed by atoms with Gasteiger partial charge in [-0.3, -0.25) is 9.36 Å². The molecule has 1 aromatic heterocycles. The fraction of sp³-hybridized carbons (Fsp3) is 0.0833. The first-order valence-corrected chi connectivity index (χ1v) is 10.8. The van der Waals surface area contributed by atoms with Crippen molar-refractivity contribution in [3.8, 4) is 17.1 Å². The molecule has 3 aromatic carbocycles. The van der Waals surface area contributed by atoms with Crippen molar-refractivity contribution in [2.75, 3.05) is 18.2 Å². The second-order valence-electron chi connectivity index (χ2n) is 6.75. The number of aromatic nitrogens is 3. The van der Waals surface area contributed by atoms with Gasteiger partial charge in [0.05, 0.1) is 18.4 Å². The Kier molecular flexibility index (Phi) is 6.62. The van der Waals surface area contributed by atoms with Crippen molar-refractivity contribution in [2.45, 2.75) is 5.16 Å². The molecule has 1 amide bonds. The Morgan fingerprint density at radius 3 is 2.22 bits per heavy atom. The second kappa shape index (κ2) is 9.93. The number of thioether (sulfide) groups is 1. The molecule has 1 heterocycles. The summed E-state index contributed by atoms with van der Waals surface area (Å²) in [6.07, 6.45) is 0. The molecule has 4 rings (SSSR count). The number of amides is 1. The molecule has 0 spiro atoms. The van der Waals surface area contributed by atoms with E-state index in [0.717, 1.165) is 11.3 Å². The van der Waals surface area contributed by atoms with E-state index >= 15 is 0 Å². The minimum atomic E-state index is -0.423. The average Bonchev–Trinajstić information content (AvgIpc) is 3.28. The molecule has 0 aliphatic rings. The van der Waals surface area contributed by atoms with Gasteiger partial charge in [0.1, 0.15) is 0 Å². The van der Waals surface area contributed by atoms with Crippen molar-refractivity contribution in [1.82, 2.24) is 14.8 Å². The molecular weight excluding hydrogens is 424 g/mol. The van der Waals surface area contributed by atoms with Crippen LogP contribution in [0.1, 0.15) is 10.4 Å². The summed E-state index contributed by atoms with van der Waals surface area (Å²) in [6, 6.07) is 26.1. The number of hydrogen-bond acceptors (Lipinski definition) is 6. The van der Waals surface area contributed by atoms with Gasteiger partial charge in [0.25, 0.3) is 0 Å². The third-order valence-electron chi connectivity index (χ3n) is 4.60. The number of nitrogens with one attached hydrogen (secondary N) is 1. The van der Waals surface area contributed by atoms with Crippen LogP contribution in [0.2, 0.25) is 0 Å². The molecule has 8 heteroatoms. The van der Waals surface area contributed by atoms with Crippen LogP contribution in [0, 0.1) is 0 Å². The third kappa shape index (κ3) is 4.87. The number of ether oxygens (including phenoxy) is 1. The molecule has 0 radical (unpaired) electrons. The Morgan fingerprint density at radius 1 is 0.906 bits per heavy atom.